The second-order valence-corrected chi connectivity index (χ2v) is 3.39. The highest BCUT2D eigenvalue weighted by atomic mass is 16.7. The number of ether oxygens (including phenoxy) is 4. The predicted molar refractivity (Wildman–Crippen MR) is 54.1 cm³/mol. The van der Waals surface area contributed by atoms with E-state index in [4.69, 9.17) is 18.9 Å². The lowest BCUT2D eigenvalue weighted by Gasteiger charge is -2.37. The average Bonchev–Trinajstić information content (AvgIpc) is 2.26. The molecule has 0 aliphatic carbocycles. The lowest BCUT2D eigenvalue weighted by molar-refractivity contribution is -0.286. The van der Waals surface area contributed by atoms with E-state index in [-0.39, 0.29) is 0 Å². The van der Waals surface area contributed by atoms with Crippen molar-refractivity contribution in [3.8, 4) is 0 Å². The maximum atomic E-state index is 5.35. The minimum atomic E-state index is -0.679. The summed E-state index contributed by atoms with van der Waals surface area (Å²) in [4.78, 5) is 0. The first-order chi connectivity index (χ1) is 6.51. The summed E-state index contributed by atoms with van der Waals surface area (Å²) in [6.07, 6.45) is 1.26. The van der Waals surface area contributed by atoms with Crippen LogP contribution in [0.3, 0.4) is 0 Å². The second-order valence-electron chi connectivity index (χ2n) is 3.39. The topological polar surface area (TPSA) is 36.9 Å². The number of rotatable bonds is 7. The molecule has 0 amide bonds. The van der Waals surface area contributed by atoms with Crippen LogP contribution in [0, 0.1) is 0 Å². The van der Waals surface area contributed by atoms with Gasteiger partial charge in [0.25, 0.3) is 0 Å². The van der Waals surface area contributed by atoms with Crippen LogP contribution in [0.4, 0.5) is 0 Å². The van der Waals surface area contributed by atoms with Crippen LogP contribution in [0.1, 0.15) is 26.7 Å². The Morgan fingerprint density at radius 2 is 1.29 bits per heavy atom. The number of methoxy groups -OCH3 is 4. The summed E-state index contributed by atoms with van der Waals surface area (Å²) in [5.74, 6) is -1.32. The first kappa shape index (κ1) is 13.8. The lowest BCUT2D eigenvalue weighted by Crippen LogP contribution is -2.44. The quantitative estimate of drug-likeness (QED) is 0.595. The molecule has 86 valence electrons. The molecule has 0 saturated carbocycles. The molecule has 0 saturated heterocycles. The maximum absolute atomic E-state index is 5.35. The fraction of sp³-hybridized carbons (Fsp3) is 1.00. The smallest absolute Gasteiger partial charge is 0.172 e. The summed E-state index contributed by atoms with van der Waals surface area (Å²) in [6, 6.07) is 0. The number of hydrogen-bond acceptors (Lipinski definition) is 4. The lowest BCUT2D eigenvalue weighted by atomic mass is 10.0. The van der Waals surface area contributed by atoms with Gasteiger partial charge in [-0.2, -0.15) is 0 Å². The molecule has 0 N–H and O–H groups in total. The Kier molecular flexibility index (Phi) is 5.59. The summed E-state index contributed by atoms with van der Waals surface area (Å²) in [5.41, 5.74) is 0. The Hall–Kier alpha value is -0.160. The molecule has 0 rings (SSSR count). The molecular formula is C10H22O4. The third-order valence-corrected chi connectivity index (χ3v) is 2.74. The Bertz CT molecular complexity index is 142. The molecule has 0 aliphatic rings. The van der Waals surface area contributed by atoms with E-state index in [9.17, 15) is 0 Å². The summed E-state index contributed by atoms with van der Waals surface area (Å²) >= 11 is 0. The minimum absolute atomic E-state index is 0.524. The second kappa shape index (κ2) is 5.66. The van der Waals surface area contributed by atoms with E-state index < -0.39 is 11.6 Å². The van der Waals surface area contributed by atoms with Crippen molar-refractivity contribution in [1.29, 1.82) is 0 Å². The van der Waals surface area contributed by atoms with E-state index in [1.54, 1.807) is 28.4 Å². The molecular weight excluding hydrogens is 184 g/mol. The minimum Gasteiger partial charge on any atom is -0.353 e. The molecule has 0 aromatic carbocycles. The van der Waals surface area contributed by atoms with Crippen molar-refractivity contribution >= 4 is 0 Å². The van der Waals surface area contributed by atoms with Crippen LogP contribution in [0.5, 0.6) is 0 Å². The normalized spacial score (nSPS) is 13.3. The van der Waals surface area contributed by atoms with Crippen molar-refractivity contribution in [2.24, 2.45) is 0 Å². The number of hydrogen-bond donors (Lipinski definition) is 0. The van der Waals surface area contributed by atoms with E-state index >= 15 is 0 Å². The monoisotopic (exact) mass is 206 g/mol. The highest BCUT2D eigenvalue weighted by Crippen LogP contribution is 2.29. The SMILES string of the molecule is CCC(CC(C)(OC)OC)(OC)OC. The predicted octanol–water partition coefficient (Wildman–Crippen LogP) is 1.78. The average molecular weight is 206 g/mol. The standard InChI is InChI=1S/C10H22O4/c1-7-10(13-5,14-6)8-9(2,11-3)12-4/h7-8H2,1-6H3. The molecule has 0 bridgehead atoms. The largest absolute Gasteiger partial charge is 0.353 e. The Balaban J connectivity index is 4.56. The molecule has 14 heavy (non-hydrogen) atoms. The van der Waals surface area contributed by atoms with Gasteiger partial charge in [-0.05, 0) is 13.3 Å². The Labute approximate surface area is 86.5 Å². The van der Waals surface area contributed by atoms with Crippen molar-refractivity contribution in [1.82, 2.24) is 0 Å². The summed E-state index contributed by atoms with van der Waals surface area (Å²) < 4.78 is 21.2. The van der Waals surface area contributed by atoms with Gasteiger partial charge in [-0.3, -0.25) is 0 Å². The molecule has 0 aromatic heterocycles. The molecule has 0 aliphatic heterocycles. The van der Waals surface area contributed by atoms with E-state index in [0.717, 1.165) is 6.42 Å². The maximum Gasteiger partial charge on any atom is 0.172 e. The van der Waals surface area contributed by atoms with Crippen LogP contribution >= 0.6 is 0 Å². The highest BCUT2D eigenvalue weighted by Gasteiger charge is 2.38. The summed E-state index contributed by atoms with van der Waals surface area (Å²) in [6.45, 7) is 3.86. The third kappa shape index (κ3) is 3.20. The molecule has 0 unspecified atom stereocenters. The fourth-order valence-corrected chi connectivity index (χ4v) is 1.36. The van der Waals surface area contributed by atoms with E-state index in [1.165, 1.54) is 0 Å². The van der Waals surface area contributed by atoms with E-state index in [2.05, 4.69) is 0 Å². The van der Waals surface area contributed by atoms with E-state index in [1.807, 2.05) is 13.8 Å². The van der Waals surface area contributed by atoms with Crippen LogP contribution in [-0.2, 0) is 18.9 Å². The van der Waals surface area contributed by atoms with Crippen molar-refractivity contribution in [2.45, 2.75) is 38.3 Å². The van der Waals surface area contributed by atoms with Gasteiger partial charge in [0.15, 0.2) is 11.6 Å². The summed E-state index contributed by atoms with van der Waals surface area (Å²) in [5, 5.41) is 0. The van der Waals surface area contributed by atoms with Gasteiger partial charge in [-0.15, -0.1) is 0 Å². The van der Waals surface area contributed by atoms with Crippen molar-refractivity contribution in [3.05, 3.63) is 0 Å². The third-order valence-electron chi connectivity index (χ3n) is 2.74. The molecule has 0 heterocycles. The van der Waals surface area contributed by atoms with Gasteiger partial charge in [-0.25, -0.2) is 0 Å². The zero-order valence-electron chi connectivity index (χ0n) is 10.0. The van der Waals surface area contributed by atoms with Crippen LogP contribution < -0.4 is 0 Å². The van der Waals surface area contributed by atoms with Crippen LogP contribution in [0.15, 0.2) is 0 Å². The van der Waals surface area contributed by atoms with Gasteiger partial charge in [0.2, 0.25) is 0 Å². The van der Waals surface area contributed by atoms with Crippen molar-refractivity contribution < 1.29 is 18.9 Å². The van der Waals surface area contributed by atoms with Crippen LogP contribution in [0.25, 0.3) is 0 Å². The Morgan fingerprint density at radius 1 is 0.857 bits per heavy atom. The first-order valence-electron chi connectivity index (χ1n) is 4.72. The van der Waals surface area contributed by atoms with Crippen LogP contribution in [0.2, 0.25) is 0 Å². The molecule has 4 nitrogen and oxygen atoms in total. The zero-order valence-corrected chi connectivity index (χ0v) is 10.0. The fourth-order valence-electron chi connectivity index (χ4n) is 1.36. The first-order valence-corrected chi connectivity index (χ1v) is 4.72. The van der Waals surface area contributed by atoms with Crippen LogP contribution in [-0.4, -0.2) is 40.0 Å². The zero-order chi connectivity index (χ0) is 11.2. The molecule has 4 heteroatoms. The molecule has 0 fully saturated rings. The Morgan fingerprint density at radius 3 is 1.50 bits per heavy atom. The van der Waals surface area contributed by atoms with Gasteiger partial charge in [-0.1, -0.05) is 6.92 Å². The molecule has 0 radical (unpaired) electrons. The molecule has 0 spiro atoms. The van der Waals surface area contributed by atoms with Crippen molar-refractivity contribution in [3.63, 3.8) is 0 Å². The van der Waals surface area contributed by atoms with E-state index in [0.29, 0.717) is 6.42 Å². The molecule has 0 aromatic rings. The van der Waals surface area contributed by atoms with Gasteiger partial charge in [0, 0.05) is 28.4 Å². The molecule has 0 atom stereocenters. The van der Waals surface area contributed by atoms with Crippen molar-refractivity contribution in [2.75, 3.05) is 28.4 Å². The van der Waals surface area contributed by atoms with Gasteiger partial charge < -0.3 is 18.9 Å². The van der Waals surface area contributed by atoms with Gasteiger partial charge in [0.05, 0.1) is 6.42 Å². The highest BCUT2D eigenvalue weighted by molar-refractivity contribution is 4.76. The summed E-state index contributed by atoms with van der Waals surface area (Å²) in [7, 11) is 6.46. The van der Waals surface area contributed by atoms with Gasteiger partial charge in [0.1, 0.15) is 0 Å². The van der Waals surface area contributed by atoms with Gasteiger partial charge >= 0.3 is 0 Å².